The SMILES string of the molecule is Cc1cc2c3c(P(=S)(N4CCOCC4)N4CCOCC4)cc(C)n3ccn2c1. The minimum absolute atomic E-state index is 0.757. The Hall–Kier alpha value is -1.21. The van der Waals surface area contributed by atoms with Crippen LogP contribution in [0.5, 0.6) is 0 Å². The molecule has 6 nitrogen and oxygen atoms in total. The second-order valence-electron chi connectivity index (χ2n) is 7.67. The minimum Gasteiger partial charge on any atom is -0.379 e. The first-order valence-corrected chi connectivity index (χ1v) is 12.7. The van der Waals surface area contributed by atoms with Crippen LogP contribution in [-0.4, -0.2) is 70.7 Å². The van der Waals surface area contributed by atoms with Crippen LogP contribution in [0.3, 0.4) is 0 Å². The Bertz CT molecular complexity index is 1040. The molecular weight excluding hydrogens is 391 g/mol. The van der Waals surface area contributed by atoms with Gasteiger partial charge in [0.25, 0.3) is 0 Å². The lowest BCUT2D eigenvalue weighted by atomic mass is 10.3. The van der Waals surface area contributed by atoms with Crippen LogP contribution in [-0.2, 0) is 21.3 Å². The Labute approximate surface area is 170 Å². The Balaban J connectivity index is 1.77. The molecule has 0 atom stereocenters. The summed E-state index contributed by atoms with van der Waals surface area (Å²) in [6, 6.07) is 4.61. The van der Waals surface area contributed by atoms with E-state index in [2.05, 4.69) is 62.7 Å². The molecule has 0 N–H and O–H groups in total. The topological polar surface area (TPSA) is 33.8 Å². The van der Waals surface area contributed by atoms with Crippen molar-refractivity contribution in [2.45, 2.75) is 13.8 Å². The molecule has 8 heteroatoms. The molecule has 2 fully saturated rings. The maximum atomic E-state index is 6.65. The summed E-state index contributed by atoms with van der Waals surface area (Å²) in [4.78, 5) is 0. The van der Waals surface area contributed by atoms with Gasteiger partial charge in [-0.2, -0.15) is 0 Å². The maximum absolute atomic E-state index is 6.65. The third-order valence-corrected chi connectivity index (χ3v) is 11.1. The number of aryl methyl sites for hydroxylation is 2. The van der Waals surface area contributed by atoms with E-state index in [-0.39, 0.29) is 0 Å². The zero-order valence-electron chi connectivity index (χ0n) is 16.5. The van der Waals surface area contributed by atoms with Gasteiger partial charge < -0.3 is 18.3 Å². The van der Waals surface area contributed by atoms with Crippen LogP contribution < -0.4 is 5.30 Å². The van der Waals surface area contributed by atoms with Gasteiger partial charge in [0.15, 0.2) is 0 Å². The molecule has 150 valence electrons. The maximum Gasteiger partial charge on any atom is 0.109 e. The summed E-state index contributed by atoms with van der Waals surface area (Å²) in [5.74, 6) is 0. The van der Waals surface area contributed by atoms with Crippen molar-refractivity contribution in [2.24, 2.45) is 0 Å². The number of morpholine rings is 2. The Morgan fingerprint density at radius 1 is 0.893 bits per heavy atom. The number of ether oxygens (including phenoxy) is 2. The summed E-state index contributed by atoms with van der Waals surface area (Å²) >= 11 is 6.65. The van der Waals surface area contributed by atoms with Gasteiger partial charge >= 0.3 is 0 Å². The summed E-state index contributed by atoms with van der Waals surface area (Å²) in [5.41, 5.74) is 5.00. The van der Waals surface area contributed by atoms with Crippen LogP contribution in [0, 0.1) is 13.8 Å². The molecule has 3 aromatic rings. The average molecular weight is 419 g/mol. The lowest BCUT2D eigenvalue weighted by Crippen LogP contribution is -2.46. The minimum atomic E-state index is -2.14. The summed E-state index contributed by atoms with van der Waals surface area (Å²) in [5, 5.41) is 1.31. The largest absolute Gasteiger partial charge is 0.379 e. The van der Waals surface area contributed by atoms with Gasteiger partial charge in [-0.15, -0.1) is 0 Å². The number of aromatic nitrogens is 2. The first-order valence-electron chi connectivity index (χ1n) is 9.95. The Kier molecular flexibility index (Phi) is 4.86. The molecule has 3 aromatic heterocycles. The van der Waals surface area contributed by atoms with Crippen LogP contribution in [0.2, 0.25) is 0 Å². The molecule has 0 bridgehead atoms. The molecule has 5 rings (SSSR count). The molecule has 0 saturated carbocycles. The zero-order valence-corrected chi connectivity index (χ0v) is 18.2. The van der Waals surface area contributed by atoms with E-state index in [1.165, 1.54) is 27.6 Å². The van der Waals surface area contributed by atoms with Gasteiger partial charge in [0.05, 0.1) is 37.5 Å². The van der Waals surface area contributed by atoms with Crippen LogP contribution in [0.15, 0.2) is 30.7 Å². The third-order valence-electron chi connectivity index (χ3n) is 5.87. The van der Waals surface area contributed by atoms with E-state index in [0.29, 0.717) is 0 Å². The Morgan fingerprint density at radius 3 is 2.11 bits per heavy atom. The van der Waals surface area contributed by atoms with Crippen molar-refractivity contribution in [3.63, 3.8) is 0 Å². The van der Waals surface area contributed by atoms with Crippen molar-refractivity contribution in [3.05, 3.63) is 42.0 Å². The quantitative estimate of drug-likeness (QED) is 0.611. The van der Waals surface area contributed by atoms with Gasteiger partial charge in [0.2, 0.25) is 0 Å². The predicted octanol–water partition coefficient (Wildman–Crippen LogP) is 2.41. The standard InChI is InChI=1S/C20H27N4O2PS/c1-16-13-18-20-19(14-17(2)24(20)4-3-21(18)15-16)27(28,22-5-9-25-10-6-22)23-7-11-26-12-8-23/h3-4,13-15H,5-12H2,1-2H3. The van der Waals surface area contributed by atoms with E-state index in [1.54, 1.807) is 0 Å². The second-order valence-corrected chi connectivity index (χ2v) is 11.9. The Morgan fingerprint density at radius 2 is 1.50 bits per heavy atom. The highest BCUT2D eigenvalue weighted by Crippen LogP contribution is 2.54. The first-order chi connectivity index (χ1) is 13.6. The highest BCUT2D eigenvalue weighted by Gasteiger charge is 2.38. The second kappa shape index (κ2) is 7.24. The van der Waals surface area contributed by atoms with Crippen LogP contribution in [0.4, 0.5) is 0 Å². The lowest BCUT2D eigenvalue weighted by Gasteiger charge is -2.45. The smallest absolute Gasteiger partial charge is 0.109 e. The van der Waals surface area contributed by atoms with E-state index in [0.717, 1.165) is 52.6 Å². The van der Waals surface area contributed by atoms with E-state index < -0.39 is 6.34 Å². The van der Waals surface area contributed by atoms with E-state index >= 15 is 0 Å². The van der Waals surface area contributed by atoms with Crippen LogP contribution in [0.1, 0.15) is 11.3 Å². The molecule has 0 spiro atoms. The van der Waals surface area contributed by atoms with E-state index in [4.69, 9.17) is 21.3 Å². The fourth-order valence-electron chi connectivity index (χ4n) is 4.51. The van der Waals surface area contributed by atoms with Gasteiger partial charge in [-0.25, -0.2) is 0 Å². The van der Waals surface area contributed by atoms with Crippen LogP contribution >= 0.6 is 6.34 Å². The number of hydrogen-bond acceptors (Lipinski definition) is 3. The molecule has 2 saturated heterocycles. The third kappa shape index (κ3) is 2.88. The number of nitrogens with zero attached hydrogens (tertiary/aromatic N) is 4. The van der Waals surface area contributed by atoms with Crippen LogP contribution in [0.25, 0.3) is 11.0 Å². The summed E-state index contributed by atoms with van der Waals surface area (Å²) in [6.07, 6.45) is 4.36. The normalized spacial score (nSPS) is 20.4. The van der Waals surface area contributed by atoms with E-state index in [9.17, 15) is 0 Å². The fraction of sp³-hybridized carbons (Fsp3) is 0.500. The van der Waals surface area contributed by atoms with Crippen molar-refractivity contribution in [3.8, 4) is 0 Å². The predicted molar refractivity (Wildman–Crippen MR) is 117 cm³/mol. The van der Waals surface area contributed by atoms with Gasteiger partial charge in [-0.3, -0.25) is 9.34 Å². The molecule has 2 aliphatic heterocycles. The summed E-state index contributed by atoms with van der Waals surface area (Å²) < 4.78 is 20.9. The van der Waals surface area contributed by atoms with Crippen molar-refractivity contribution in [1.82, 2.24) is 18.1 Å². The molecule has 0 amide bonds. The van der Waals surface area contributed by atoms with Crippen molar-refractivity contribution in [1.29, 1.82) is 0 Å². The molecule has 0 radical (unpaired) electrons. The van der Waals surface area contributed by atoms with Gasteiger partial charge in [0.1, 0.15) is 6.34 Å². The zero-order chi connectivity index (χ0) is 19.3. The van der Waals surface area contributed by atoms with Crippen molar-refractivity contribution < 1.29 is 9.47 Å². The fourth-order valence-corrected chi connectivity index (χ4v) is 9.14. The molecule has 5 heterocycles. The number of rotatable bonds is 3. The van der Waals surface area contributed by atoms with Gasteiger partial charge in [-0.05, 0) is 31.5 Å². The molecule has 28 heavy (non-hydrogen) atoms. The molecule has 0 aliphatic carbocycles. The van der Waals surface area contributed by atoms with Gasteiger partial charge in [0, 0.05) is 55.8 Å². The highest BCUT2D eigenvalue weighted by molar-refractivity contribution is 8.16. The number of fused-ring (bicyclic) bond motifs is 3. The van der Waals surface area contributed by atoms with E-state index in [1.807, 2.05) is 0 Å². The molecular formula is C20H27N4O2PS. The molecule has 2 aliphatic rings. The molecule has 0 aromatic carbocycles. The van der Waals surface area contributed by atoms with Crippen molar-refractivity contribution >= 4 is 34.5 Å². The van der Waals surface area contributed by atoms with Crippen molar-refractivity contribution in [2.75, 3.05) is 52.6 Å². The monoisotopic (exact) mass is 418 g/mol. The summed E-state index contributed by atoms with van der Waals surface area (Å²) in [7, 11) is 0. The molecule has 0 unspecified atom stereocenters. The highest BCUT2D eigenvalue weighted by atomic mass is 32.4. The summed E-state index contributed by atoms with van der Waals surface area (Å²) in [6.45, 7) is 10.9. The van der Waals surface area contributed by atoms with Gasteiger partial charge in [-0.1, -0.05) is 11.8 Å². The lowest BCUT2D eigenvalue weighted by molar-refractivity contribution is 0.0590. The average Bonchev–Trinajstić information content (AvgIpc) is 3.28. The first kappa shape index (κ1) is 18.8. The number of hydrogen-bond donors (Lipinski definition) is 0.